The molecule has 132 valence electrons. The van der Waals surface area contributed by atoms with Crippen molar-refractivity contribution in [1.82, 2.24) is 14.8 Å². The highest BCUT2D eigenvalue weighted by Crippen LogP contribution is 2.27. The number of halogens is 1. The van der Waals surface area contributed by atoms with Gasteiger partial charge in [0.15, 0.2) is 0 Å². The lowest BCUT2D eigenvalue weighted by Gasteiger charge is -2.37. The van der Waals surface area contributed by atoms with Crippen molar-refractivity contribution in [2.45, 2.75) is 25.4 Å². The molecule has 25 heavy (non-hydrogen) atoms. The van der Waals surface area contributed by atoms with E-state index < -0.39 is 0 Å². The molecule has 0 saturated carbocycles. The number of rotatable bonds is 4. The number of aromatic nitrogens is 1. The summed E-state index contributed by atoms with van der Waals surface area (Å²) in [5.74, 6) is -0.228. The van der Waals surface area contributed by atoms with E-state index in [1.54, 1.807) is 18.5 Å². The highest BCUT2D eigenvalue weighted by molar-refractivity contribution is 6.31. The monoisotopic (exact) mass is 359 g/mol. The molecule has 1 aromatic heterocycles. The van der Waals surface area contributed by atoms with Crippen molar-refractivity contribution in [3.8, 4) is 5.75 Å². The molecule has 1 aliphatic heterocycles. The largest absolute Gasteiger partial charge is 0.507 e. The summed E-state index contributed by atoms with van der Waals surface area (Å²) >= 11 is 6.03. The standard InChI is InChI=1S/C19H22ClN3O2/c1-22-10-6-16(7-11-22)23(13-14-4-8-21-9-5-14)19(25)17-12-15(20)2-3-18(17)24/h2-5,8-9,12,16,24H,6-7,10-11,13H2,1H3. The van der Waals surface area contributed by atoms with E-state index in [1.165, 1.54) is 12.1 Å². The van der Waals surface area contributed by atoms with Crippen molar-refractivity contribution in [1.29, 1.82) is 0 Å². The fourth-order valence-corrected chi connectivity index (χ4v) is 3.36. The Balaban J connectivity index is 1.89. The Hall–Kier alpha value is -2.11. The first-order valence-electron chi connectivity index (χ1n) is 8.41. The maximum Gasteiger partial charge on any atom is 0.258 e. The zero-order chi connectivity index (χ0) is 17.8. The second-order valence-corrected chi connectivity index (χ2v) is 6.92. The third kappa shape index (κ3) is 4.30. The van der Waals surface area contributed by atoms with Crippen molar-refractivity contribution in [2.75, 3.05) is 20.1 Å². The molecule has 1 amide bonds. The molecule has 6 heteroatoms. The third-order valence-electron chi connectivity index (χ3n) is 4.68. The minimum Gasteiger partial charge on any atom is -0.507 e. The fourth-order valence-electron chi connectivity index (χ4n) is 3.19. The van der Waals surface area contributed by atoms with Gasteiger partial charge in [-0.05, 0) is 68.9 Å². The van der Waals surface area contributed by atoms with Crippen LogP contribution in [0.25, 0.3) is 0 Å². The van der Waals surface area contributed by atoms with E-state index in [4.69, 9.17) is 11.6 Å². The number of phenols is 1. The van der Waals surface area contributed by atoms with Crippen LogP contribution in [-0.4, -0.2) is 52.0 Å². The number of amides is 1. The maximum atomic E-state index is 13.2. The molecule has 2 aromatic rings. The summed E-state index contributed by atoms with van der Waals surface area (Å²) in [6.45, 7) is 2.39. The lowest BCUT2D eigenvalue weighted by atomic mass is 10.0. The predicted octanol–water partition coefficient (Wildman–Crippen LogP) is 3.18. The normalized spacial score (nSPS) is 15.9. The van der Waals surface area contributed by atoms with Crippen molar-refractivity contribution in [3.63, 3.8) is 0 Å². The highest BCUT2D eigenvalue weighted by atomic mass is 35.5. The first-order valence-corrected chi connectivity index (χ1v) is 8.79. The van der Waals surface area contributed by atoms with Gasteiger partial charge in [-0.2, -0.15) is 0 Å². The number of benzene rings is 1. The summed E-state index contributed by atoms with van der Waals surface area (Å²) < 4.78 is 0. The van der Waals surface area contributed by atoms with Crippen LogP contribution >= 0.6 is 11.6 Å². The van der Waals surface area contributed by atoms with Gasteiger partial charge in [0.2, 0.25) is 0 Å². The molecule has 1 aromatic carbocycles. The van der Waals surface area contributed by atoms with E-state index in [0.29, 0.717) is 11.6 Å². The van der Waals surface area contributed by atoms with Crippen molar-refractivity contribution < 1.29 is 9.90 Å². The Bertz CT molecular complexity index is 731. The average molecular weight is 360 g/mol. The van der Waals surface area contributed by atoms with Gasteiger partial charge in [0.05, 0.1) is 5.56 Å². The Kier molecular flexibility index (Phi) is 5.56. The number of pyridine rings is 1. The number of hydrogen-bond donors (Lipinski definition) is 1. The SMILES string of the molecule is CN1CCC(N(Cc2ccncc2)C(=O)c2cc(Cl)ccc2O)CC1. The van der Waals surface area contributed by atoms with E-state index >= 15 is 0 Å². The summed E-state index contributed by atoms with van der Waals surface area (Å²) in [6.07, 6.45) is 5.27. The van der Waals surface area contributed by atoms with Gasteiger partial charge >= 0.3 is 0 Å². The smallest absolute Gasteiger partial charge is 0.258 e. The van der Waals surface area contributed by atoms with E-state index in [1.807, 2.05) is 17.0 Å². The Morgan fingerprint density at radius 1 is 1.28 bits per heavy atom. The number of carbonyl (C=O) groups excluding carboxylic acids is 1. The van der Waals surface area contributed by atoms with E-state index in [2.05, 4.69) is 16.9 Å². The van der Waals surface area contributed by atoms with Crippen LogP contribution in [0.1, 0.15) is 28.8 Å². The first-order chi connectivity index (χ1) is 12.0. The number of aromatic hydroxyl groups is 1. The predicted molar refractivity (Wildman–Crippen MR) is 97.7 cm³/mol. The van der Waals surface area contributed by atoms with Gasteiger partial charge in [0, 0.05) is 30.0 Å². The van der Waals surface area contributed by atoms with Gasteiger partial charge < -0.3 is 14.9 Å². The van der Waals surface area contributed by atoms with E-state index in [-0.39, 0.29) is 23.3 Å². The number of piperidine rings is 1. The summed E-state index contributed by atoms with van der Waals surface area (Å²) in [6, 6.07) is 8.54. The van der Waals surface area contributed by atoms with Gasteiger partial charge in [-0.25, -0.2) is 0 Å². The van der Waals surface area contributed by atoms with Crippen LogP contribution < -0.4 is 0 Å². The van der Waals surface area contributed by atoms with Crippen LogP contribution in [0.3, 0.4) is 0 Å². The molecule has 3 rings (SSSR count). The summed E-state index contributed by atoms with van der Waals surface area (Å²) in [5.41, 5.74) is 1.27. The third-order valence-corrected chi connectivity index (χ3v) is 4.92. The van der Waals surface area contributed by atoms with Crippen LogP contribution in [0.15, 0.2) is 42.7 Å². The minimum atomic E-state index is -0.189. The second kappa shape index (κ2) is 7.85. The Labute approximate surface area is 152 Å². The van der Waals surface area contributed by atoms with E-state index in [0.717, 1.165) is 31.5 Å². The maximum absolute atomic E-state index is 13.2. The minimum absolute atomic E-state index is 0.0398. The molecule has 0 bridgehead atoms. The van der Waals surface area contributed by atoms with Gasteiger partial charge in [-0.1, -0.05) is 11.6 Å². The van der Waals surface area contributed by atoms with Crippen LogP contribution in [0.2, 0.25) is 5.02 Å². The number of phenolic OH excluding ortho intramolecular Hbond substituents is 1. The van der Waals surface area contributed by atoms with Crippen LogP contribution in [0.4, 0.5) is 0 Å². The molecule has 1 fully saturated rings. The summed E-state index contributed by atoms with van der Waals surface area (Å²) in [5, 5.41) is 10.6. The van der Waals surface area contributed by atoms with Crippen molar-refractivity contribution >= 4 is 17.5 Å². The zero-order valence-corrected chi connectivity index (χ0v) is 15.0. The lowest BCUT2D eigenvalue weighted by Crippen LogP contribution is -2.46. The van der Waals surface area contributed by atoms with E-state index in [9.17, 15) is 9.90 Å². The molecule has 1 N–H and O–H groups in total. The van der Waals surface area contributed by atoms with Crippen LogP contribution in [0, 0.1) is 0 Å². The molecule has 1 saturated heterocycles. The number of nitrogens with zero attached hydrogens (tertiary/aromatic N) is 3. The molecule has 5 nitrogen and oxygen atoms in total. The van der Waals surface area contributed by atoms with Crippen LogP contribution in [0.5, 0.6) is 5.75 Å². The lowest BCUT2D eigenvalue weighted by molar-refractivity contribution is 0.0566. The molecule has 1 aliphatic rings. The Morgan fingerprint density at radius 2 is 1.96 bits per heavy atom. The van der Waals surface area contributed by atoms with Gasteiger partial charge in [0.1, 0.15) is 5.75 Å². The molecule has 0 aliphatic carbocycles. The topological polar surface area (TPSA) is 56.7 Å². The van der Waals surface area contributed by atoms with Crippen molar-refractivity contribution in [2.24, 2.45) is 0 Å². The molecular weight excluding hydrogens is 338 g/mol. The van der Waals surface area contributed by atoms with Crippen molar-refractivity contribution in [3.05, 3.63) is 58.9 Å². The molecule has 0 atom stereocenters. The quantitative estimate of drug-likeness (QED) is 0.910. The molecule has 0 unspecified atom stereocenters. The number of hydrogen-bond acceptors (Lipinski definition) is 4. The van der Waals surface area contributed by atoms with Gasteiger partial charge in [-0.15, -0.1) is 0 Å². The molecule has 0 spiro atoms. The number of likely N-dealkylation sites (tertiary alicyclic amines) is 1. The summed E-state index contributed by atoms with van der Waals surface area (Å²) in [7, 11) is 2.09. The highest BCUT2D eigenvalue weighted by Gasteiger charge is 2.29. The number of carbonyl (C=O) groups is 1. The fraction of sp³-hybridized carbons (Fsp3) is 0.368. The summed E-state index contributed by atoms with van der Waals surface area (Å²) in [4.78, 5) is 21.3. The molecule has 0 radical (unpaired) electrons. The first kappa shape index (κ1) is 17.7. The second-order valence-electron chi connectivity index (χ2n) is 6.48. The average Bonchev–Trinajstić information content (AvgIpc) is 2.63. The molecule has 2 heterocycles. The molecular formula is C19H22ClN3O2. The Morgan fingerprint density at radius 3 is 2.64 bits per heavy atom. The zero-order valence-electron chi connectivity index (χ0n) is 14.2. The van der Waals surface area contributed by atoms with Gasteiger partial charge in [-0.3, -0.25) is 9.78 Å². The van der Waals surface area contributed by atoms with Gasteiger partial charge in [0.25, 0.3) is 5.91 Å². The van der Waals surface area contributed by atoms with Crippen LogP contribution in [-0.2, 0) is 6.54 Å².